The molecule has 0 radical (unpaired) electrons. The van der Waals surface area contributed by atoms with Gasteiger partial charge in [0.15, 0.2) is 11.5 Å². The van der Waals surface area contributed by atoms with E-state index in [-0.39, 0.29) is 35.6 Å². The molecule has 2 aromatic rings. The molecule has 0 spiro atoms. The first kappa shape index (κ1) is 20.7. The molecule has 2 aromatic carbocycles. The summed E-state index contributed by atoms with van der Waals surface area (Å²) in [4.78, 5) is 12.5. The number of ether oxygens (including phenoxy) is 4. The van der Waals surface area contributed by atoms with E-state index >= 15 is 0 Å². The first-order valence-electron chi connectivity index (χ1n) is 9.27. The van der Waals surface area contributed by atoms with Gasteiger partial charge in [-0.3, -0.25) is 4.79 Å². The Labute approximate surface area is 167 Å². The zero-order valence-electron chi connectivity index (χ0n) is 16.5. The number of hydrogen-bond acceptors (Lipinski definition) is 5. The minimum atomic E-state index is -2.98. The number of carbonyl (C=O) groups excluding carboxylic acids is 1. The van der Waals surface area contributed by atoms with Crippen LogP contribution < -0.4 is 24.3 Å². The maximum absolute atomic E-state index is 12.5. The highest BCUT2D eigenvalue weighted by molar-refractivity contribution is 5.94. The maximum atomic E-state index is 12.5. The summed E-state index contributed by atoms with van der Waals surface area (Å²) in [6.07, 6.45) is 0.917. The molecule has 29 heavy (non-hydrogen) atoms. The maximum Gasteiger partial charge on any atom is 0.387 e. The minimum Gasteiger partial charge on any atom is -0.494 e. The van der Waals surface area contributed by atoms with Crippen molar-refractivity contribution in [2.75, 3.05) is 13.7 Å². The summed E-state index contributed by atoms with van der Waals surface area (Å²) in [5, 5.41) is 2.81. The quantitative estimate of drug-likeness (QED) is 0.718. The van der Waals surface area contributed by atoms with Crippen molar-refractivity contribution in [3.63, 3.8) is 0 Å². The Morgan fingerprint density at radius 3 is 2.72 bits per heavy atom. The van der Waals surface area contributed by atoms with Crippen LogP contribution in [0.3, 0.4) is 0 Å². The van der Waals surface area contributed by atoms with Crippen molar-refractivity contribution in [2.24, 2.45) is 0 Å². The first-order chi connectivity index (χ1) is 13.9. The predicted octanol–water partition coefficient (Wildman–Crippen LogP) is 3.95. The molecule has 0 saturated carbocycles. The molecule has 1 heterocycles. The van der Waals surface area contributed by atoms with Gasteiger partial charge in [-0.05, 0) is 44.2 Å². The number of methoxy groups -OCH3 is 1. The van der Waals surface area contributed by atoms with Crippen LogP contribution in [0, 0.1) is 0 Å². The Balaban J connectivity index is 1.74. The molecule has 6 nitrogen and oxygen atoms in total. The Morgan fingerprint density at radius 1 is 1.24 bits per heavy atom. The van der Waals surface area contributed by atoms with E-state index in [4.69, 9.17) is 14.2 Å². The summed E-state index contributed by atoms with van der Waals surface area (Å²) in [5.74, 6) is 1.02. The molecular weight excluding hydrogens is 384 g/mol. The average Bonchev–Trinajstić information content (AvgIpc) is 3.04. The molecule has 0 aliphatic carbocycles. The van der Waals surface area contributed by atoms with E-state index in [0.29, 0.717) is 12.4 Å². The van der Waals surface area contributed by atoms with Crippen LogP contribution in [-0.2, 0) is 13.0 Å². The second-order valence-electron chi connectivity index (χ2n) is 6.56. The Kier molecular flexibility index (Phi) is 6.41. The van der Waals surface area contributed by atoms with Crippen LogP contribution in [0.1, 0.15) is 35.3 Å². The van der Waals surface area contributed by atoms with Crippen molar-refractivity contribution in [2.45, 2.75) is 39.5 Å². The highest BCUT2D eigenvalue weighted by Crippen LogP contribution is 2.35. The molecule has 0 bridgehead atoms. The van der Waals surface area contributed by atoms with Crippen molar-refractivity contribution in [3.05, 3.63) is 47.0 Å². The molecule has 1 unspecified atom stereocenters. The second kappa shape index (κ2) is 8.98. The summed E-state index contributed by atoms with van der Waals surface area (Å²) in [6, 6.07) is 7.85. The summed E-state index contributed by atoms with van der Waals surface area (Å²) in [6.45, 7) is 1.63. The molecule has 0 aromatic heterocycles. The van der Waals surface area contributed by atoms with Crippen molar-refractivity contribution < 1.29 is 32.5 Å². The summed E-state index contributed by atoms with van der Waals surface area (Å²) >= 11 is 0. The van der Waals surface area contributed by atoms with Gasteiger partial charge in [0, 0.05) is 29.7 Å². The molecule has 3 rings (SSSR count). The molecule has 8 heteroatoms. The lowest BCUT2D eigenvalue weighted by Gasteiger charge is -2.14. The minimum absolute atomic E-state index is 0.0490. The topological polar surface area (TPSA) is 66.0 Å². The fourth-order valence-electron chi connectivity index (χ4n) is 3.19. The van der Waals surface area contributed by atoms with Crippen molar-refractivity contribution in [1.29, 1.82) is 0 Å². The average molecular weight is 407 g/mol. The van der Waals surface area contributed by atoms with Gasteiger partial charge >= 0.3 is 6.61 Å². The number of amides is 1. The third-order valence-electron chi connectivity index (χ3n) is 4.46. The lowest BCUT2D eigenvalue weighted by atomic mass is 10.1. The van der Waals surface area contributed by atoms with E-state index in [1.807, 2.05) is 26.0 Å². The van der Waals surface area contributed by atoms with Crippen LogP contribution in [0.15, 0.2) is 30.3 Å². The van der Waals surface area contributed by atoms with Crippen LogP contribution in [0.5, 0.6) is 23.0 Å². The van der Waals surface area contributed by atoms with Crippen LogP contribution in [0.2, 0.25) is 0 Å². The summed E-state index contributed by atoms with van der Waals surface area (Å²) < 4.78 is 45.8. The molecular formula is C21H23F2NO5. The summed E-state index contributed by atoms with van der Waals surface area (Å²) in [7, 11) is 1.31. The van der Waals surface area contributed by atoms with Crippen LogP contribution >= 0.6 is 0 Å². The number of hydrogen-bond donors (Lipinski definition) is 1. The third-order valence-corrected chi connectivity index (χ3v) is 4.46. The molecule has 0 fully saturated rings. The van der Waals surface area contributed by atoms with Crippen LogP contribution in [0.25, 0.3) is 0 Å². The van der Waals surface area contributed by atoms with Crippen molar-refractivity contribution >= 4 is 5.91 Å². The van der Waals surface area contributed by atoms with Gasteiger partial charge in [-0.25, -0.2) is 0 Å². The fourth-order valence-corrected chi connectivity index (χ4v) is 3.19. The highest BCUT2D eigenvalue weighted by atomic mass is 19.3. The van der Waals surface area contributed by atoms with Gasteiger partial charge in [-0.1, -0.05) is 0 Å². The molecule has 1 aliphatic rings. The standard InChI is InChI=1S/C21H23F2NO5/c1-4-27-17-9-14-7-12(2)28-18(14)10-15(17)11-24-20(25)13-5-6-16(29-21(22)23)19(8-13)26-3/h5-6,8-10,12,21H,4,7,11H2,1-3H3,(H,24,25). The zero-order chi connectivity index (χ0) is 21.0. The van der Waals surface area contributed by atoms with Crippen LogP contribution in [0.4, 0.5) is 8.78 Å². The van der Waals surface area contributed by atoms with E-state index in [9.17, 15) is 13.6 Å². The predicted molar refractivity (Wildman–Crippen MR) is 102 cm³/mol. The lowest BCUT2D eigenvalue weighted by molar-refractivity contribution is -0.0512. The number of fused-ring (bicyclic) bond motifs is 1. The highest BCUT2D eigenvalue weighted by Gasteiger charge is 2.22. The van der Waals surface area contributed by atoms with Crippen molar-refractivity contribution in [1.82, 2.24) is 5.32 Å². The number of rotatable bonds is 8. The second-order valence-corrected chi connectivity index (χ2v) is 6.56. The number of benzene rings is 2. The van der Waals surface area contributed by atoms with E-state index in [1.54, 1.807) is 0 Å². The molecule has 1 amide bonds. The molecule has 156 valence electrons. The summed E-state index contributed by atoms with van der Waals surface area (Å²) in [5.41, 5.74) is 2.13. The van der Waals surface area contributed by atoms with E-state index in [2.05, 4.69) is 10.1 Å². The first-order valence-corrected chi connectivity index (χ1v) is 9.27. The van der Waals surface area contributed by atoms with Gasteiger partial charge in [-0.15, -0.1) is 0 Å². The SMILES string of the molecule is CCOc1cc2c(cc1CNC(=O)c1ccc(OC(F)F)c(OC)c1)OC(C)C2. The van der Waals surface area contributed by atoms with E-state index in [0.717, 1.165) is 23.3 Å². The number of alkyl halides is 2. The van der Waals surface area contributed by atoms with Gasteiger partial charge in [0.25, 0.3) is 5.91 Å². The van der Waals surface area contributed by atoms with Crippen LogP contribution in [-0.4, -0.2) is 32.3 Å². The van der Waals surface area contributed by atoms with Crippen molar-refractivity contribution in [3.8, 4) is 23.0 Å². The largest absolute Gasteiger partial charge is 0.494 e. The Bertz CT molecular complexity index is 888. The molecule has 1 N–H and O–H groups in total. The van der Waals surface area contributed by atoms with E-state index in [1.165, 1.54) is 25.3 Å². The number of carbonyl (C=O) groups is 1. The molecule has 0 saturated heterocycles. The molecule has 1 atom stereocenters. The number of halogens is 2. The van der Waals surface area contributed by atoms with Gasteiger partial charge < -0.3 is 24.3 Å². The third kappa shape index (κ3) is 4.88. The molecule has 1 aliphatic heterocycles. The monoisotopic (exact) mass is 407 g/mol. The van der Waals surface area contributed by atoms with Gasteiger partial charge in [0.2, 0.25) is 0 Å². The van der Waals surface area contributed by atoms with Gasteiger partial charge in [-0.2, -0.15) is 8.78 Å². The zero-order valence-corrected chi connectivity index (χ0v) is 16.5. The fraction of sp³-hybridized carbons (Fsp3) is 0.381. The Morgan fingerprint density at radius 2 is 2.03 bits per heavy atom. The smallest absolute Gasteiger partial charge is 0.387 e. The normalized spacial score (nSPS) is 14.9. The number of nitrogens with one attached hydrogen (secondary N) is 1. The van der Waals surface area contributed by atoms with Gasteiger partial charge in [0.05, 0.1) is 13.7 Å². The lowest BCUT2D eigenvalue weighted by Crippen LogP contribution is -2.23. The van der Waals surface area contributed by atoms with E-state index < -0.39 is 6.61 Å². The Hall–Kier alpha value is -3.03. The van der Waals surface area contributed by atoms with Gasteiger partial charge in [0.1, 0.15) is 17.6 Å².